The number of carbonyl (C=O) groups is 1. The number of amides is 1. The van der Waals surface area contributed by atoms with E-state index in [2.05, 4.69) is 5.32 Å². The number of para-hydroxylation sites is 1. The van der Waals surface area contributed by atoms with Crippen LogP contribution in [0.1, 0.15) is 5.56 Å². The van der Waals surface area contributed by atoms with Gasteiger partial charge >= 0.3 is 0 Å². The molecule has 2 rings (SSSR count). The third-order valence-electron chi connectivity index (χ3n) is 2.75. The van der Waals surface area contributed by atoms with E-state index in [0.29, 0.717) is 22.2 Å². The van der Waals surface area contributed by atoms with Gasteiger partial charge in [-0.1, -0.05) is 23.7 Å². The summed E-state index contributed by atoms with van der Waals surface area (Å²) in [5, 5.41) is 3.54. The largest absolute Gasteiger partial charge is 0.397 e. The summed E-state index contributed by atoms with van der Waals surface area (Å²) >= 11 is 7.27. The summed E-state index contributed by atoms with van der Waals surface area (Å²) in [6.45, 7) is 1.91. The van der Waals surface area contributed by atoms with Crippen molar-refractivity contribution >= 4 is 40.6 Å². The van der Waals surface area contributed by atoms with Crippen LogP contribution in [0, 0.1) is 6.92 Å². The fraction of sp³-hybridized carbons (Fsp3) is 0.133. The number of benzene rings is 2. The Labute approximate surface area is 127 Å². The number of aryl methyl sites for hydroxylation is 1. The molecule has 0 heterocycles. The van der Waals surface area contributed by atoms with Gasteiger partial charge in [0.25, 0.3) is 0 Å². The Morgan fingerprint density at radius 3 is 2.60 bits per heavy atom. The Kier molecular flexibility index (Phi) is 4.93. The minimum absolute atomic E-state index is 0.0778. The molecule has 0 aliphatic rings. The lowest BCUT2D eigenvalue weighted by Crippen LogP contribution is -2.16. The number of rotatable bonds is 4. The Balaban J connectivity index is 1.94. The highest BCUT2D eigenvalue weighted by Gasteiger charge is 2.08. The van der Waals surface area contributed by atoms with Gasteiger partial charge in [0.15, 0.2) is 0 Å². The maximum atomic E-state index is 11.9. The summed E-state index contributed by atoms with van der Waals surface area (Å²) in [5.41, 5.74) is 8.08. The minimum atomic E-state index is -0.0778. The van der Waals surface area contributed by atoms with Crippen LogP contribution in [0.25, 0.3) is 0 Å². The van der Waals surface area contributed by atoms with Gasteiger partial charge in [-0.3, -0.25) is 4.79 Å². The molecule has 0 aromatic heterocycles. The van der Waals surface area contributed by atoms with Crippen LogP contribution in [-0.4, -0.2) is 11.7 Å². The van der Waals surface area contributed by atoms with Crippen molar-refractivity contribution in [3.8, 4) is 0 Å². The van der Waals surface area contributed by atoms with E-state index in [-0.39, 0.29) is 5.91 Å². The van der Waals surface area contributed by atoms with Crippen LogP contribution in [0.5, 0.6) is 0 Å². The van der Waals surface area contributed by atoms with Crippen LogP contribution in [0.2, 0.25) is 5.02 Å². The molecule has 0 radical (unpaired) electrons. The average Bonchev–Trinajstić information content (AvgIpc) is 2.42. The number of nitrogens with two attached hydrogens (primary N) is 1. The lowest BCUT2D eigenvalue weighted by molar-refractivity contribution is -0.113. The Bertz CT molecular complexity index is 594. The molecule has 20 heavy (non-hydrogen) atoms. The second kappa shape index (κ2) is 6.68. The maximum absolute atomic E-state index is 11.9. The summed E-state index contributed by atoms with van der Waals surface area (Å²) in [5.74, 6) is 0.251. The van der Waals surface area contributed by atoms with Gasteiger partial charge < -0.3 is 11.1 Å². The molecule has 0 unspecified atom stereocenters. The van der Waals surface area contributed by atoms with Crippen LogP contribution >= 0.6 is 23.4 Å². The van der Waals surface area contributed by atoms with Gasteiger partial charge in [-0.25, -0.2) is 0 Å². The second-order valence-electron chi connectivity index (χ2n) is 4.33. The van der Waals surface area contributed by atoms with Crippen molar-refractivity contribution in [3.05, 3.63) is 53.1 Å². The zero-order valence-corrected chi connectivity index (χ0v) is 12.6. The lowest BCUT2D eigenvalue weighted by atomic mass is 10.1. The molecule has 2 aromatic rings. The van der Waals surface area contributed by atoms with Crippen molar-refractivity contribution in [2.45, 2.75) is 11.8 Å². The Hall–Kier alpha value is -1.65. The van der Waals surface area contributed by atoms with E-state index in [4.69, 9.17) is 17.3 Å². The molecule has 0 fully saturated rings. The quantitative estimate of drug-likeness (QED) is 0.664. The summed E-state index contributed by atoms with van der Waals surface area (Å²) in [4.78, 5) is 12.9. The number of hydrogen-bond acceptors (Lipinski definition) is 3. The molecule has 0 aliphatic carbocycles. The van der Waals surface area contributed by atoms with E-state index in [1.807, 2.05) is 31.2 Å². The molecule has 0 bridgehead atoms. The normalized spacial score (nSPS) is 10.3. The Morgan fingerprint density at radius 1 is 1.25 bits per heavy atom. The van der Waals surface area contributed by atoms with Crippen LogP contribution < -0.4 is 11.1 Å². The fourth-order valence-corrected chi connectivity index (χ4v) is 2.54. The third-order valence-corrected chi connectivity index (χ3v) is 4.02. The molecule has 0 atom stereocenters. The van der Waals surface area contributed by atoms with Gasteiger partial charge in [0.05, 0.1) is 17.1 Å². The van der Waals surface area contributed by atoms with E-state index >= 15 is 0 Å². The number of carbonyl (C=O) groups excluding carboxylic acids is 1. The topological polar surface area (TPSA) is 55.1 Å². The van der Waals surface area contributed by atoms with Crippen molar-refractivity contribution < 1.29 is 4.79 Å². The number of nitrogens with one attached hydrogen (secondary N) is 1. The van der Waals surface area contributed by atoms with Gasteiger partial charge in [-0.05, 0) is 42.8 Å². The average molecular weight is 307 g/mol. The van der Waals surface area contributed by atoms with Gasteiger partial charge in [-0.2, -0.15) is 0 Å². The van der Waals surface area contributed by atoms with Crippen LogP contribution in [-0.2, 0) is 4.79 Å². The van der Waals surface area contributed by atoms with Gasteiger partial charge in [0.1, 0.15) is 0 Å². The number of thioether (sulfide) groups is 1. The molecule has 3 nitrogen and oxygen atoms in total. The van der Waals surface area contributed by atoms with Gasteiger partial charge in [-0.15, -0.1) is 11.8 Å². The zero-order chi connectivity index (χ0) is 14.5. The number of nitrogen functional groups attached to an aromatic ring is 1. The molecule has 1 amide bonds. The predicted octanol–water partition coefficient (Wildman–Crippen LogP) is 3.96. The Morgan fingerprint density at radius 2 is 1.95 bits per heavy atom. The van der Waals surface area contributed by atoms with Crippen molar-refractivity contribution in [3.63, 3.8) is 0 Å². The summed E-state index contributed by atoms with van der Waals surface area (Å²) in [7, 11) is 0. The first-order chi connectivity index (χ1) is 9.56. The van der Waals surface area contributed by atoms with Crippen molar-refractivity contribution in [1.29, 1.82) is 0 Å². The minimum Gasteiger partial charge on any atom is -0.397 e. The summed E-state index contributed by atoms with van der Waals surface area (Å²) in [6.07, 6.45) is 0. The highest BCUT2D eigenvalue weighted by atomic mass is 35.5. The maximum Gasteiger partial charge on any atom is 0.234 e. The summed E-state index contributed by atoms with van der Waals surface area (Å²) in [6, 6.07) is 12.9. The molecule has 0 aliphatic heterocycles. The fourth-order valence-electron chi connectivity index (χ4n) is 1.72. The smallest absolute Gasteiger partial charge is 0.234 e. The van der Waals surface area contributed by atoms with E-state index < -0.39 is 0 Å². The molecule has 0 saturated heterocycles. The van der Waals surface area contributed by atoms with Gasteiger partial charge in [0.2, 0.25) is 5.91 Å². The van der Waals surface area contributed by atoms with E-state index in [1.165, 1.54) is 11.8 Å². The highest BCUT2D eigenvalue weighted by Crippen LogP contribution is 2.24. The van der Waals surface area contributed by atoms with Crippen LogP contribution in [0.3, 0.4) is 0 Å². The molecular formula is C15H15ClN2OS. The molecule has 3 N–H and O–H groups in total. The lowest BCUT2D eigenvalue weighted by Gasteiger charge is -2.10. The molecule has 0 saturated carbocycles. The molecule has 2 aromatic carbocycles. The first-order valence-corrected chi connectivity index (χ1v) is 7.46. The number of halogens is 1. The van der Waals surface area contributed by atoms with Gasteiger partial charge in [0, 0.05) is 9.92 Å². The monoisotopic (exact) mass is 306 g/mol. The van der Waals surface area contributed by atoms with E-state index in [1.54, 1.807) is 18.2 Å². The molecule has 104 valence electrons. The van der Waals surface area contributed by atoms with Crippen molar-refractivity contribution in [1.82, 2.24) is 0 Å². The number of hydrogen-bond donors (Lipinski definition) is 2. The first-order valence-electron chi connectivity index (χ1n) is 6.09. The van der Waals surface area contributed by atoms with E-state index in [0.717, 1.165) is 10.5 Å². The SMILES string of the molecule is Cc1cccc(N)c1NC(=O)CSc1ccc(Cl)cc1. The first kappa shape index (κ1) is 14.8. The molecular weight excluding hydrogens is 292 g/mol. The molecule has 5 heteroatoms. The molecule has 0 spiro atoms. The predicted molar refractivity (Wildman–Crippen MR) is 86.4 cm³/mol. The zero-order valence-electron chi connectivity index (χ0n) is 11.0. The van der Waals surface area contributed by atoms with E-state index in [9.17, 15) is 4.79 Å². The number of anilines is 2. The summed E-state index contributed by atoms with van der Waals surface area (Å²) < 4.78 is 0. The third kappa shape index (κ3) is 3.92. The second-order valence-corrected chi connectivity index (χ2v) is 5.82. The van der Waals surface area contributed by atoms with Crippen LogP contribution in [0.15, 0.2) is 47.4 Å². The standard InChI is InChI=1S/C15H15ClN2OS/c1-10-3-2-4-13(17)15(10)18-14(19)9-20-12-7-5-11(16)6-8-12/h2-8H,9,17H2,1H3,(H,18,19). The highest BCUT2D eigenvalue weighted by molar-refractivity contribution is 8.00. The van der Waals surface area contributed by atoms with Crippen molar-refractivity contribution in [2.24, 2.45) is 0 Å². The van der Waals surface area contributed by atoms with Crippen molar-refractivity contribution in [2.75, 3.05) is 16.8 Å². The van der Waals surface area contributed by atoms with Crippen LogP contribution in [0.4, 0.5) is 11.4 Å².